The molecular formula is C16H14F4N2O4S. The molecule has 0 atom stereocenters. The molecule has 0 fully saturated rings. The smallest absolute Gasteiger partial charge is 0.406 e. The van der Waals surface area contributed by atoms with Gasteiger partial charge in [0.25, 0.3) is 0 Å². The van der Waals surface area contributed by atoms with Gasteiger partial charge in [-0.25, -0.2) is 17.5 Å². The minimum atomic E-state index is -4.90. The van der Waals surface area contributed by atoms with E-state index >= 15 is 0 Å². The Morgan fingerprint density at radius 2 is 1.74 bits per heavy atom. The van der Waals surface area contributed by atoms with Crippen molar-refractivity contribution in [2.45, 2.75) is 18.2 Å². The van der Waals surface area contributed by atoms with Crippen LogP contribution < -0.4 is 14.8 Å². The number of sulfonamides is 1. The van der Waals surface area contributed by atoms with Gasteiger partial charge in [0.1, 0.15) is 11.6 Å². The molecule has 146 valence electrons. The van der Waals surface area contributed by atoms with Gasteiger partial charge in [0.05, 0.1) is 11.4 Å². The highest BCUT2D eigenvalue weighted by molar-refractivity contribution is 7.89. The maximum atomic E-state index is 13.4. The summed E-state index contributed by atoms with van der Waals surface area (Å²) in [6, 6.07) is 7.44. The third kappa shape index (κ3) is 6.22. The van der Waals surface area contributed by atoms with Gasteiger partial charge in [-0.3, -0.25) is 4.79 Å². The molecule has 6 nitrogen and oxygen atoms in total. The fourth-order valence-corrected chi connectivity index (χ4v) is 2.92. The molecule has 27 heavy (non-hydrogen) atoms. The summed E-state index contributed by atoms with van der Waals surface area (Å²) < 4.78 is 79.5. The van der Waals surface area contributed by atoms with E-state index in [1.807, 2.05) is 4.72 Å². The molecule has 0 bridgehead atoms. The quantitative estimate of drug-likeness (QED) is 0.723. The lowest BCUT2D eigenvalue weighted by Gasteiger charge is -2.10. The van der Waals surface area contributed by atoms with Crippen LogP contribution in [0.4, 0.5) is 23.2 Å². The summed E-state index contributed by atoms with van der Waals surface area (Å²) in [7, 11) is -4.14. The normalized spacial score (nSPS) is 11.9. The van der Waals surface area contributed by atoms with Gasteiger partial charge < -0.3 is 10.1 Å². The Balaban J connectivity index is 1.97. The molecule has 0 aliphatic rings. The number of nitrogens with one attached hydrogen (secondary N) is 2. The van der Waals surface area contributed by atoms with E-state index in [0.717, 1.165) is 30.3 Å². The molecule has 2 rings (SSSR count). The summed E-state index contributed by atoms with van der Waals surface area (Å²) in [6.07, 6.45) is -4.90. The maximum Gasteiger partial charge on any atom is 0.573 e. The van der Waals surface area contributed by atoms with E-state index in [9.17, 15) is 30.8 Å². The third-order valence-electron chi connectivity index (χ3n) is 3.25. The van der Waals surface area contributed by atoms with Crippen LogP contribution in [0.5, 0.6) is 5.75 Å². The van der Waals surface area contributed by atoms with E-state index < -0.39 is 40.4 Å². The lowest BCUT2D eigenvalue weighted by molar-refractivity contribution is -0.274. The zero-order chi connectivity index (χ0) is 20.2. The average Bonchev–Trinajstić information content (AvgIpc) is 2.55. The van der Waals surface area contributed by atoms with Gasteiger partial charge in [0.15, 0.2) is 0 Å². The SMILES string of the molecule is Cc1ccc(NC(=O)CNS(=O)(=O)c2ccc(OC(F)(F)F)cc2)cc1F. The third-order valence-corrected chi connectivity index (χ3v) is 4.66. The maximum absolute atomic E-state index is 13.4. The first-order valence-corrected chi connectivity index (χ1v) is 8.86. The van der Waals surface area contributed by atoms with Crippen LogP contribution in [0, 0.1) is 12.7 Å². The Hall–Kier alpha value is -2.66. The van der Waals surface area contributed by atoms with Crippen molar-refractivity contribution in [3.63, 3.8) is 0 Å². The molecule has 2 aromatic rings. The zero-order valence-corrected chi connectivity index (χ0v) is 14.6. The second kappa shape index (κ2) is 7.92. The standard InChI is InChI=1S/C16H14F4N2O4S/c1-10-2-3-11(8-14(10)17)22-15(23)9-21-27(24,25)13-6-4-12(5-7-13)26-16(18,19)20/h2-8,21H,9H2,1H3,(H,22,23). The number of hydrogen-bond acceptors (Lipinski definition) is 4. The average molecular weight is 406 g/mol. The lowest BCUT2D eigenvalue weighted by Crippen LogP contribution is -2.32. The fraction of sp³-hybridized carbons (Fsp3) is 0.188. The number of carbonyl (C=O) groups is 1. The van der Waals surface area contributed by atoms with Crippen molar-refractivity contribution in [2.24, 2.45) is 0 Å². The van der Waals surface area contributed by atoms with Crippen molar-refractivity contribution in [2.75, 3.05) is 11.9 Å². The van der Waals surface area contributed by atoms with E-state index in [-0.39, 0.29) is 10.6 Å². The molecule has 2 aromatic carbocycles. The van der Waals surface area contributed by atoms with Crippen LogP contribution in [-0.2, 0) is 14.8 Å². The molecule has 0 saturated carbocycles. The van der Waals surface area contributed by atoms with E-state index in [0.29, 0.717) is 5.56 Å². The van der Waals surface area contributed by atoms with Crippen molar-refractivity contribution in [3.05, 3.63) is 53.8 Å². The van der Waals surface area contributed by atoms with Crippen LogP contribution in [0.15, 0.2) is 47.4 Å². The highest BCUT2D eigenvalue weighted by Gasteiger charge is 2.31. The number of aryl methyl sites for hydroxylation is 1. The molecule has 0 aliphatic carbocycles. The number of carbonyl (C=O) groups excluding carboxylic acids is 1. The van der Waals surface area contributed by atoms with Crippen molar-refractivity contribution >= 4 is 21.6 Å². The number of ether oxygens (including phenoxy) is 1. The molecule has 0 saturated heterocycles. The fourth-order valence-electron chi connectivity index (χ4n) is 1.94. The number of anilines is 1. The second-order valence-corrected chi connectivity index (χ2v) is 7.12. The summed E-state index contributed by atoms with van der Waals surface area (Å²) >= 11 is 0. The van der Waals surface area contributed by atoms with E-state index in [1.54, 1.807) is 6.92 Å². The number of rotatable bonds is 6. The van der Waals surface area contributed by atoms with Crippen LogP contribution in [0.1, 0.15) is 5.56 Å². The van der Waals surface area contributed by atoms with Gasteiger partial charge in [0.2, 0.25) is 15.9 Å². The van der Waals surface area contributed by atoms with E-state index in [2.05, 4.69) is 10.1 Å². The summed E-state index contributed by atoms with van der Waals surface area (Å²) in [5.74, 6) is -1.87. The van der Waals surface area contributed by atoms with Gasteiger partial charge in [-0.2, -0.15) is 0 Å². The molecule has 2 N–H and O–H groups in total. The van der Waals surface area contributed by atoms with E-state index in [1.165, 1.54) is 12.1 Å². The first-order chi connectivity index (χ1) is 12.5. The molecule has 0 heterocycles. The molecule has 11 heteroatoms. The van der Waals surface area contributed by atoms with Crippen LogP contribution in [0.25, 0.3) is 0 Å². The molecule has 0 aromatic heterocycles. The Morgan fingerprint density at radius 3 is 2.30 bits per heavy atom. The van der Waals surface area contributed by atoms with Gasteiger partial charge in [-0.15, -0.1) is 13.2 Å². The zero-order valence-electron chi connectivity index (χ0n) is 13.8. The first-order valence-electron chi connectivity index (χ1n) is 7.38. The van der Waals surface area contributed by atoms with Gasteiger partial charge in [-0.1, -0.05) is 6.07 Å². The minimum Gasteiger partial charge on any atom is -0.406 e. The Morgan fingerprint density at radius 1 is 1.11 bits per heavy atom. The monoisotopic (exact) mass is 406 g/mol. The van der Waals surface area contributed by atoms with Gasteiger partial charge in [0, 0.05) is 5.69 Å². The molecule has 1 amide bonds. The summed E-state index contributed by atoms with van der Waals surface area (Å²) in [6.45, 7) is 0.888. The minimum absolute atomic E-state index is 0.149. The van der Waals surface area contributed by atoms with Crippen molar-refractivity contribution < 1.29 is 35.5 Å². The van der Waals surface area contributed by atoms with Crippen LogP contribution in [0.2, 0.25) is 0 Å². The van der Waals surface area contributed by atoms with Crippen LogP contribution in [0.3, 0.4) is 0 Å². The molecule has 0 spiro atoms. The Bertz CT molecular complexity index is 928. The Labute approximate surface area is 152 Å². The highest BCUT2D eigenvalue weighted by Crippen LogP contribution is 2.23. The number of hydrogen-bond donors (Lipinski definition) is 2. The van der Waals surface area contributed by atoms with Crippen LogP contribution >= 0.6 is 0 Å². The Kier molecular flexibility index (Phi) is 6.06. The topological polar surface area (TPSA) is 84.5 Å². The summed E-state index contributed by atoms with van der Waals surface area (Å²) in [4.78, 5) is 11.4. The first kappa shape index (κ1) is 20.6. The number of halogens is 4. The predicted molar refractivity (Wildman–Crippen MR) is 88.1 cm³/mol. The summed E-state index contributed by atoms with van der Waals surface area (Å²) in [5.41, 5.74) is 0.530. The lowest BCUT2D eigenvalue weighted by atomic mass is 10.2. The van der Waals surface area contributed by atoms with Gasteiger partial charge in [-0.05, 0) is 48.9 Å². The molecular weight excluding hydrogens is 392 g/mol. The number of benzene rings is 2. The second-order valence-electron chi connectivity index (χ2n) is 5.36. The summed E-state index contributed by atoms with van der Waals surface area (Å²) in [5, 5.41) is 2.32. The number of amides is 1. The van der Waals surface area contributed by atoms with Gasteiger partial charge >= 0.3 is 6.36 Å². The van der Waals surface area contributed by atoms with E-state index in [4.69, 9.17) is 0 Å². The van der Waals surface area contributed by atoms with Crippen molar-refractivity contribution in [1.82, 2.24) is 4.72 Å². The van der Waals surface area contributed by atoms with Crippen molar-refractivity contribution in [3.8, 4) is 5.75 Å². The molecule has 0 radical (unpaired) electrons. The largest absolute Gasteiger partial charge is 0.573 e. The van der Waals surface area contributed by atoms with Crippen LogP contribution in [-0.4, -0.2) is 27.2 Å². The highest BCUT2D eigenvalue weighted by atomic mass is 32.2. The molecule has 0 unspecified atom stereocenters. The van der Waals surface area contributed by atoms with Crippen molar-refractivity contribution in [1.29, 1.82) is 0 Å². The number of alkyl halides is 3. The predicted octanol–water partition coefficient (Wildman–Crippen LogP) is 2.95. The molecule has 0 aliphatic heterocycles.